The van der Waals surface area contributed by atoms with Gasteiger partial charge in [0.05, 0.1) is 0 Å². The van der Waals surface area contributed by atoms with Crippen LogP contribution < -0.4 is 5.73 Å². The van der Waals surface area contributed by atoms with Crippen molar-refractivity contribution in [2.75, 3.05) is 0 Å². The Morgan fingerprint density at radius 1 is 1.40 bits per heavy atom. The molecule has 0 radical (unpaired) electrons. The molecule has 1 heterocycles. The van der Waals surface area contributed by atoms with Crippen molar-refractivity contribution < 1.29 is 13.2 Å². The molecule has 1 aromatic rings. The molecule has 0 aromatic carbocycles. The van der Waals surface area contributed by atoms with Crippen LogP contribution in [-0.2, 0) is 6.42 Å². The van der Waals surface area contributed by atoms with E-state index in [0.29, 0.717) is 0 Å². The van der Waals surface area contributed by atoms with E-state index in [0.717, 1.165) is 16.2 Å². The van der Waals surface area contributed by atoms with Gasteiger partial charge in [-0.1, -0.05) is 6.92 Å². The maximum Gasteiger partial charge on any atom is 0.389 e. The Labute approximate surface area is 91.1 Å². The molecule has 0 saturated heterocycles. The second kappa shape index (κ2) is 4.99. The van der Waals surface area contributed by atoms with E-state index in [1.165, 1.54) is 11.3 Å². The maximum atomic E-state index is 12.0. The van der Waals surface area contributed by atoms with Gasteiger partial charge in [-0.25, -0.2) is 0 Å². The van der Waals surface area contributed by atoms with Crippen LogP contribution >= 0.6 is 11.3 Å². The van der Waals surface area contributed by atoms with Gasteiger partial charge in [0.25, 0.3) is 0 Å². The predicted molar refractivity (Wildman–Crippen MR) is 55.9 cm³/mol. The van der Waals surface area contributed by atoms with Crippen LogP contribution in [0.15, 0.2) is 12.1 Å². The fourth-order valence-electron chi connectivity index (χ4n) is 1.25. The first-order chi connectivity index (χ1) is 6.92. The van der Waals surface area contributed by atoms with Gasteiger partial charge < -0.3 is 5.73 Å². The minimum atomic E-state index is -4.11. The second-order valence-corrected chi connectivity index (χ2v) is 4.62. The summed E-state index contributed by atoms with van der Waals surface area (Å²) in [4.78, 5) is 2.00. The van der Waals surface area contributed by atoms with Gasteiger partial charge in [0, 0.05) is 22.2 Å². The molecule has 0 aliphatic rings. The Morgan fingerprint density at radius 3 is 2.53 bits per heavy atom. The summed E-state index contributed by atoms with van der Waals surface area (Å²) >= 11 is 1.50. The maximum absolute atomic E-state index is 12.0. The van der Waals surface area contributed by atoms with Crippen LogP contribution in [0.25, 0.3) is 0 Å². The van der Waals surface area contributed by atoms with Gasteiger partial charge in [0.1, 0.15) is 0 Å². The van der Waals surface area contributed by atoms with Crippen LogP contribution in [0.2, 0.25) is 0 Å². The third-order valence-corrected chi connectivity index (χ3v) is 3.50. The minimum Gasteiger partial charge on any atom is -0.323 e. The van der Waals surface area contributed by atoms with Crippen molar-refractivity contribution in [3.63, 3.8) is 0 Å². The lowest BCUT2D eigenvalue weighted by atomic mass is 10.1. The molecule has 0 amide bonds. The summed E-state index contributed by atoms with van der Waals surface area (Å²) in [6.07, 6.45) is -4.06. The number of hydrogen-bond donors (Lipinski definition) is 1. The number of halogens is 3. The molecule has 0 unspecified atom stereocenters. The molecule has 86 valence electrons. The van der Waals surface area contributed by atoms with Gasteiger partial charge >= 0.3 is 6.18 Å². The quantitative estimate of drug-likeness (QED) is 0.849. The van der Waals surface area contributed by atoms with Crippen molar-refractivity contribution in [3.05, 3.63) is 21.9 Å². The van der Waals surface area contributed by atoms with Gasteiger partial charge in [-0.05, 0) is 25.0 Å². The molecule has 5 heteroatoms. The molecule has 0 aliphatic carbocycles. The Kier molecular flexibility index (Phi) is 4.16. The first kappa shape index (κ1) is 12.5. The Bertz CT molecular complexity index is 306. The normalized spacial score (nSPS) is 14.2. The van der Waals surface area contributed by atoms with E-state index in [4.69, 9.17) is 5.73 Å². The highest BCUT2D eigenvalue weighted by atomic mass is 32.1. The van der Waals surface area contributed by atoms with Crippen LogP contribution in [0.4, 0.5) is 13.2 Å². The zero-order valence-electron chi connectivity index (χ0n) is 8.47. The minimum absolute atomic E-state index is 0.0346. The highest BCUT2D eigenvalue weighted by molar-refractivity contribution is 7.12. The monoisotopic (exact) mass is 237 g/mol. The van der Waals surface area contributed by atoms with Gasteiger partial charge in [0.2, 0.25) is 0 Å². The van der Waals surface area contributed by atoms with Gasteiger partial charge in [-0.2, -0.15) is 13.2 Å². The first-order valence-electron chi connectivity index (χ1n) is 4.83. The molecule has 15 heavy (non-hydrogen) atoms. The van der Waals surface area contributed by atoms with Crippen molar-refractivity contribution in [2.45, 2.75) is 38.4 Å². The lowest BCUT2D eigenvalue weighted by Crippen LogP contribution is -2.14. The fraction of sp³-hybridized carbons (Fsp3) is 0.600. The molecule has 1 rings (SSSR count). The molecule has 0 bridgehead atoms. The van der Waals surface area contributed by atoms with Crippen LogP contribution in [0.1, 0.15) is 35.6 Å². The van der Waals surface area contributed by atoms with Crippen molar-refractivity contribution in [1.29, 1.82) is 0 Å². The number of alkyl halides is 3. The summed E-state index contributed by atoms with van der Waals surface area (Å²) in [5, 5.41) is 0. The van der Waals surface area contributed by atoms with Gasteiger partial charge in [-0.3, -0.25) is 0 Å². The number of thiophene rings is 1. The molecule has 0 spiro atoms. The second-order valence-electron chi connectivity index (χ2n) is 3.42. The number of nitrogens with two attached hydrogens (primary N) is 1. The molecular formula is C10H14F3NS. The van der Waals surface area contributed by atoms with Crippen LogP contribution in [0.3, 0.4) is 0 Å². The number of rotatable bonds is 4. The molecule has 0 fully saturated rings. The van der Waals surface area contributed by atoms with Crippen LogP contribution in [0, 0.1) is 0 Å². The zero-order valence-corrected chi connectivity index (χ0v) is 9.29. The molecule has 1 nitrogen and oxygen atoms in total. The van der Waals surface area contributed by atoms with E-state index in [-0.39, 0.29) is 6.42 Å². The van der Waals surface area contributed by atoms with E-state index in [2.05, 4.69) is 0 Å². The lowest BCUT2D eigenvalue weighted by molar-refractivity contribution is -0.136. The average Bonchev–Trinajstić information content (AvgIpc) is 2.61. The summed E-state index contributed by atoms with van der Waals surface area (Å²) in [7, 11) is 0. The van der Waals surface area contributed by atoms with Crippen molar-refractivity contribution in [2.24, 2.45) is 5.73 Å². The topological polar surface area (TPSA) is 26.0 Å². The van der Waals surface area contributed by atoms with Crippen molar-refractivity contribution >= 4 is 11.3 Å². The summed E-state index contributed by atoms with van der Waals surface area (Å²) in [6, 6.07) is 3.26. The van der Waals surface area contributed by atoms with Crippen LogP contribution in [0.5, 0.6) is 0 Å². The van der Waals surface area contributed by atoms with E-state index in [1.807, 2.05) is 19.1 Å². The molecular weight excluding hydrogens is 223 g/mol. The number of aryl methyl sites for hydroxylation is 1. The largest absolute Gasteiger partial charge is 0.389 e. The standard InChI is InChI=1S/C10H14F3NS/c1-2-7-3-4-9(15-7)8(14)5-6-10(11,12)13/h3-4,8H,2,5-6,14H2,1H3/t8-/m1/s1. The summed E-state index contributed by atoms with van der Waals surface area (Å²) in [6.45, 7) is 2.01. The molecule has 0 saturated carbocycles. The Hall–Kier alpha value is -0.550. The average molecular weight is 237 g/mol. The predicted octanol–water partition coefficient (Wildman–Crippen LogP) is 3.65. The highest BCUT2D eigenvalue weighted by Crippen LogP contribution is 2.29. The lowest BCUT2D eigenvalue weighted by Gasteiger charge is -2.11. The SMILES string of the molecule is CCc1ccc([C@H](N)CCC(F)(F)F)s1. The zero-order chi connectivity index (χ0) is 11.5. The van der Waals surface area contributed by atoms with E-state index < -0.39 is 18.6 Å². The van der Waals surface area contributed by atoms with E-state index >= 15 is 0 Å². The number of hydrogen-bond acceptors (Lipinski definition) is 2. The van der Waals surface area contributed by atoms with Crippen molar-refractivity contribution in [1.82, 2.24) is 0 Å². The third kappa shape index (κ3) is 4.22. The third-order valence-electron chi connectivity index (χ3n) is 2.14. The summed E-state index contributed by atoms with van der Waals surface area (Å²) in [5.74, 6) is 0. The van der Waals surface area contributed by atoms with E-state index in [1.54, 1.807) is 0 Å². The molecule has 1 aromatic heterocycles. The Balaban J connectivity index is 2.50. The van der Waals surface area contributed by atoms with Crippen molar-refractivity contribution in [3.8, 4) is 0 Å². The molecule has 0 aliphatic heterocycles. The fourth-order valence-corrected chi connectivity index (χ4v) is 2.23. The summed E-state index contributed by atoms with van der Waals surface area (Å²) < 4.78 is 35.9. The molecule has 1 atom stereocenters. The van der Waals surface area contributed by atoms with Gasteiger partial charge in [0.15, 0.2) is 0 Å². The van der Waals surface area contributed by atoms with Crippen LogP contribution in [-0.4, -0.2) is 6.18 Å². The first-order valence-corrected chi connectivity index (χ1v) is 5.65. The summed E-state index contributed by atoms with van der Waals surface area (Å²) in [5.41, 5.74) is 5.68. The smallest absolute Gasteiger partial charge is 0.323 e. The molecule has 2 N–H and O–H groups in total. The highest BCUT2D eigenvalue weighted by Gasteiger charge is 2.28. The van der Waals surface area contributed by atoms with Gasteiger partial charge in [-0.15, -0.1) is 11.3 Å². The van der Waals surface area contributed by atoms with E-state index in [9.17, 15) is 13.2 Å². The Morgan fingerprint density at radius 2 is 2.07 bits per heavy atom.